The van der Waals surface area contributed by atoms with Gasteiger partial charge in [0.25, 0.3) is 0 Å². The fraction of sp³-hybridized carbons (Fsp3) is 0.500. The number of halogens is 1. The molecule has 0 saturated carbocycles. The highest BCUT2D eigenvalue weighted by atomic mass is 79.9. The highest BCUT2D eigenvalue weighted by Crippen LogP contribution is 2.22. The van der Waals surface area contributed by atoms with Crippen molar-refractivity contribution in [3.05, 3.63) is 28.2 Å². The van der Waals surface area contributed by atoms with E-state index in [-0.39, 0.29) is 0 Å². The molecular formula is C12H18BrNO3. The Morgan fingerprint density at radius 1 is 1.18 bits per heavy atom. The first-order valence-electron chi connectivity index (χ1n) is 5.46. The van der Waals surface area contributed by atoms with Crippen LogP contribution in [-0.4, -0.2) is 33.5 Å². The summed E-state index contributed by atoms with van der Waals surface area (Å²) >= 11 is 3.40. The molecule has 1 aromatic carbocycles. The lowest BCUT2D eigenvalue weighted by Gasteiger charge is -2.11. The Bertz CT molecular complexity index is 334. The van der Waals surface area contributed by atoms with Crippen LogP contribution in [0.25, 0.3) is 0 Å². The Hall–Kier alpha value is -0.620. The summed E-state index contributed by atoms with van der Waals surface area (Å²) in [7, 11) is 1.65. The van der Waals surface area contributed by atoms with Gasteiger partial charge in [-0.05, 0) is 18.2 Å². The van der Waals surface area contributed by atoms with Crippen molar-refractivity contribution >= 4 is 15.9 Å². The normalized spacial score (nSPS) is 10.5. The van der Waals surface area contributed by atoms with Gasteiger partial charge in [0.05, 0.1) is 19.8 Å². The molecular weight excluding hydrogens is 286 g/mol. The van der Waals surface area contributed by atoms with Crippen LogP contribution in [0.2, 0.25) is 0 Å². The van der Waals surface area contributed by atoms with Crippen molar-refractivity contribution in [3.8, 4) is 5.75 Å². The summed E-state index contributed by atoms with van der Waals surface area (Å²) in [5.74, 6) is 0.811. The van der Waals surface area contributed by atoms with E-state index in [1.165, 1.54) is 0 Å². The van der Waals surface area contributed by atoms with E-state index in [1.807, 2.05) is 18.2 Å². The molecule has 0 heterocycles. The molecule has 0 unspecified atom stereocenters. The molecule has 0 aliphatic heterocycles. The minimum atomic E-state index is 0.458. The van der Waals surface area contributed by atoms with E-state index < -0.39 is 0 Å². The van der Waals surface area contributed by atoms with Gasteiger partial charge in [0.1, 0.15) is 12.4 Å². The minimum absolute atomic E-state index is 0.458. The first-order valence-corrected chi connectivity index (χ1v) is 6.25. The van der Waals surface area contributed by atoms with Gasteiger partial charge in [-0.2, -0.15) is 0 Å². The second-order valence-electron chi connectivity index (χ2n) is 3.41. The van der Waals surface area contributed by atoms with Crippen LogP contribution >= 0.6 is 15.9 Å². The van der Waals surface area contributed by atoms with Gasteiger partial charge < -0.3 is 19.9 Å². The van der Waals surface area contributed by atoms with Crippen molar-refractivity contribution in [2.75, 3.05) is 33.5 Å². The number of ether oxygens (including phenoxy) is 3. The average molecular weight is 304 g/mol. The zero-order valence-electron chi connectivity index (χ0n) is 9.95. The van der Waals surface area contributed by atoms with Crippen LogP contribution in [-0.2, 0) is 16.0 Å². The van der Waals surface area contributed by atoms with Crippen molar-refractivity contribution in [1.29, 1.82) is 0 Å². The van der Waals surface area contributed by atoms with Gasteiger partial charge in [-0.1, -0.05) is 15.9 Å². The molecule has 4 nitrogen and oxygen atoms in total. The monoisotopic (exact) mass is 303 g/mol. The summed E-state index contributed by atoms with van der Waals surface area (Å²) in [5, 5.41) is 0. The molecule has 0 saturated heterocycles. The zero-order chi connectivity index (χ0) is 12.5. The third-order valence-electron chi connectivity index (χ3n) is 2.16. The molecule has 0 bridgehead atoms. The lowest BCUT2D eigenvalue weighted by molar-refractivity contribution is 0.0543. The number of methoxy groups -OCH3 is 1. The molecule has 0 aromatic heterocycles. The summed E-state index contributed by atoms with van der Waals surface area (Å²) in [6.45, 7) is 2.71. The smallest absolute Gasteiger partial charge is 0.123 e. The van der Waals surface area contributed by atoms with E-state index >= 15 is 0 Å². The van der Waals surface area contributed by atoms with E-state index in [2.05, 4.69) is 15.9 Å². The molecule has 0 amide bonds. The number of benzene rings is 1. The molecule has 1 rings (SSSR count). The fourth-order valence-corrected chi connectivity index (χ4v) is 1.71. The van der Waals surface area contributed by atoms with E-state index in [4.69, 9.17) is 19.9 Å². The first-order chi connectivity index (χ1) is 8.27. The number of nitrogens with two attached hydrogens (primary N) is 1. The van der Waals surface area contributed by atoms with Crippen molar-refractivity contribution in [1.82, 2.24) is 0 Å². The highest BCUT2D eigenvalue weighted by molar-refractivity contribution is 9.10. The molecule has 17 heavy (non-hydrogen) atoms. The van der Waals surface area contributed by atoms with E-state index in [1.54, 1.807) is 7.11 Å². The van der Waals surface area contributed by atoms with Gasteiger partial charge in [0.15, 0.2) is 0 Å². The molecule has 0 aliphatic carbocycles. The highest BCUT2D eigenvalue weighted by Gasteiger charge is 2.02. The lowest BCUT2D eigenvalue weighted by Crippen LogP contribution is -2.11. The number of rotatable bonds is 8. The molecule has 0 spiro atoms. The van der Waals surface area contributed by atoms with Crippen molar-refractivity contribution in [2.24, 2.45) is 5.73 Å². The van der Waals surface area contributed by atoms with Crippen LogP contribution < -0.4 is 10.5 Å². The molecule has 1 aromatic rings. The van der Waals surface area contributed by atoms with Crippen LogP contribution in [0.5, 0.6) is 5.75 Å². The zero-order valence-corrected chi connectivity index (χ0v) is 11.5. The summed E-state index contributed by atoms with van der Waals surface area (Å²) < 4.78 is 16.8. The van der Waals surface area contributed by atoms with Gasteiger partial charge in [-0.3, -0.25) is 0 Å². The predicted octanol–water partition coefficient (Wildman–Crippen LogP) is 1.95. The molecule has 2 N–H and O–H groups in total. The van der Waals surface area contributed by atoms with Crippen LogP contribution in [0.3, 0.4) is 0 Å². The lowest BCUT2D eigenvalue weighted by atomic mass is 10.2. The second kappa shape index (κ2) is 8.47. The minimum Gasteiger partial charge on any atom is -0.491 e. The first kappa shape index (κ1) is 14.4. The maximum absolute atomic E-state index is 5.64. The van der Waals surface area contributed by atoms with Gasteiger partial charge in [-0.15, -0.1) is 0 Å². The van der Waals surface area contributed by atoms with E-state index in [0.29, 0.717) is 33.0 Å². The Morgan fingerprint density at radius 2 is 1.94 bits per heavy atom. The second-order valence-corrected chi connectivity index (χ2v) is 4.33. The summed E-state index contributed by atoms with van der Waals surface area (Å²) in [6, 6.07) is 5.79. The van der Waals surface area contributed by atoms with Crippen LogP contribution in [0.15, 0.2) is 22.7 Å². The van der Waals surface area contributed by atoms with Crippen LogP contribution in [0.4, 0.5) is 0 Å². The van der Waals surface area contributed by atoms with Crippen LogP contribution in [0, 0.1) is 0 Å². The van der Waals surface area contributed by atoms with E-state index in [0.717, 1.165) is 15.8 Å². The third kappa shape index (κ3) is 5.50. The maximum Gasteiger partial charge on any atom is 0.123 e. The number of hydrogen-bond donors (Lipinski definition) is 1. The molecule has 5 heteroatoms. The largest absolute Gasteiger partial charge is 0.491 e. The standard InChI is InChI=1S/C12H18BrNO3/c1-15-4-5-16-6-7-17-12-3-2-11(13)8-10(12)9-14/h2-3,8H,4-7,9,14H2,1H3. The third-order valence-corrected chi connectivity index (χ3v) is 2.65. The van der Waals surface area contributed by atoms with E-state index in [9.17, 15) is 0 Å². The predicted molar refractivity (Wildman–Crippen MR) is 70.2 cm³/mol. The topological polar surface area (TPSA) is 53.7 Å². The van der Waals surface area contributed by atoms with Crippen LogP contribution in [0.1, 0.15) is 5.56 Å². The van der Waals surface area contributed by atoms with Gasteiger partial charge in [-0.25, -0.2) is 0 Å². The summed E-state index contributed by atoms with van der Waals surface area (Å²) in [6.07, 6.45) is 0. The fourth-order valence-electron chi connectivity index (χ4n) is 1.30. The van der Waals surface area contributed by atoms with Crippen molar-refractivity contribution in [2.45, 2.75) is 6.54 Å². The number of hydrogen-bond acceptors (Lipinski definition) is 4. The molecule has 0 radical (unpaired) electrons. The quantitative estimate of drug-likeness (QED) is 0.746. The molecule has 0 fully saturated rings. The Morgan fingerprint density at radius 3 is 2.65 bits per heavy atom. The van der Waals surface area contributed by atoms with Crippen molar-refractivity contribution < 1.29 is 14.2 Å². The Kier molecular flexibility index (Phi) is 7.19. The maximum atomic E-state index is 5.64. The van der Waals surface area contributed by atoms with Crippen molar-refractivity contribution in [3.63, 3.8) is 0 Å². The van der Waals surface area contributed by atoms with Gasteiger partial charge >= 0.3 is 0 Å². The summed E-state index contributed by atoms with van der Waals surface area (Å²) in [5.41, 5.74) is 6.62. The molecule has 0 aliphatic rings. The Labute approximate surface area is 110 Å². The van der Waals surface area contributed by atoms with Gasteiger partial charge in [0.2, 0.25) is 0 Å². The SMILES string of the molecule is COCCOCCOc1ccc(Br)cc1CN. The molecule has 0 atom stereocenters. The Balaban J connectivity index is 2.31. The molecule has 96 valence electrons. The average Bonchev–Trinajstić information content (AvgIpc) is 2.35. The summed E-state index contributed by atoms with van der Waals surface area (Å²) in [4.78, 5) is 0. The van der Waals surface area contributed by atoms with Gasteiger partial charge in [0, 0.05) is 23.7 Å².